The van der Waals surface area contributed by atoms with Gasteiger partial charge in [-0.3, -0.25) is 19.2 Å². The maximum Gasteiger partial charge on any atom is 0.306 e. The van der Waals surface area contributed by atoms with Crippen molar-refractivity contribution < 1.29 is 23.9 Å². The molecule has 1 aromatic carbocycles. The Balaban J connectivity index is 1.91. The van der Waals surface area contributed by atoms with Crippen LogP contribution in [0.4, 0.5) is 0 Å². The lowest BCUT2D eigenvalue weighted by Gasteiger charge is -2.41. The van der Waals surface area contributed by atoms with Crippen molar-refractivity contribution in [2.45, 2.75) is 59.0 Å². The van der Waals surface area contributed by atoms with E-state index in [9.17, 15) is 19.2 Å². The fourth-order valence-corrected chi connectivity index (χ4v) is 3.80. The normalized spacial score (nSPS) is 17.1. The lowest BCUT2D eigenvalue weighted by Crippen LogP contribution is -2.60. The van der Waals surface area contributed by atoms with Crippen molar-refractivity contribution in [2.75, 3.05) is 26.2 Å². The molecule has 1 N–H and O–H groups in total. The number of esters is 1. The summed E-state index contributed by atoms with van der Waals surface area (Å²) in [6.45, 7) is 8.96. The Morgan fingerprint density at radius 3 is 2.38 bits per heavy atom. The highest BCUT2D eigenvalue weighted by atomic mass is 16.5. The van der Waals surface area contributed by atoms with E-state index in [0.717, 1.165) is 5.56 Å². The fourth-order valence-electron chi connectivity index (χ4n) is 3.80. The summed E-state index contributed by atoms with van der Waals surface area (Å²) in [6.07, 6.45) is 0.301. The number of carbonyl (C=O) groups excluding carboxylic acids is 4. The van der Waals surface area contributed by atoms with Crippen LogP contribution in [0, 0.1) is 5.92 Å². The molecule has 1 aromatic rings. The van der Waals surface area contributed by atoms with Gasteiger partial charge < -0.3 is 19.9 Å². The summed E-state index contributed by atoms with van der Waals surface area (Å²) in [5.74, 6) is -1.01. The zero-order valence-electron chi connectivity index (χ0n) is 19.5. The molecule has 8 heteroatoms. The van der Waals surface area contributed by atoms with Gasteiger partial charge in [0.1, 0.15) is 6.04 Å². The van der Waals surface area contributed by atoms with Crippen molar-refractivity contribution in [3.05, 3.63) is 35.9 Å². The molecule has 0 bridgehead atoms. The number of nitrogens with zero attached hydrogens (tertiary/aromatic N) is 2. The van der Waals surface area contributed by atoms with Gasteiger partial charge in [0.25, 0.3) is 0 Å². The zero-order valence-corrected chi connectivity index (χ0v) is 19.5. The van der Waals surface area contributed by atoms with E-state index < -0.39 is 12.0 Å². The molecule has 0 spiro atoms. The molecule has 0 saturated carbocycles. The van der Waals surface area contributed by atoms with Crippen molar-refractivity contribution in [3.8, 4) is 0 Å². The molecule has 32 heavy (non-hydrogen) atoms. The van der Waals surface area contributed by atoms with Crippen LogP contribution < -0.4 is 5.32 Å². The Morgan fingerprint density at radius 2 is 1.78 bits per heavy atom. The van der Waals surface area contributed by atoms with Crippen LogP contribution in [0.5, 0.6) is 0 Å². The Labute approximate surface area is 190 Å². The Hall–Kier alpha value is -2.90. The van der Waals surface area contributed by atoms with Gasteiger partial charge in [-0.15, -0.1) is 0 Å². The van der Waals surface area contributed by atoms with E-state index in [1.165, 1.54) is 0 Å². The fraction of sp³-hybridized carbons (Fsp3) is 0.583. The smallest absolute Gasteiger partial charge is 0.306 e. The van der Waals surface area contributed by atoms with Gasteiger partial charge in [-0.25, -0.2) is 0 Å². The zero-order chi connectivity index (χ0) is 23.7. The molecule has 0 aliphatic carbocycles. The maximum atomic E-state index is 13.1. The second-order valence-electron chi connectivity index (χ2n) is 8.48. The van der Waals surface area contributed by atoms with Crippen LogP contribution in [-0.2, 0) is 30.3 Å². The molecule has 2 atom stereocenters. The predicted octanol–water partition coefficient (Wildman–Crippen LogP) is 1.77. The van der Waals surface area contributed by atoms with Crippen LogP contribution in [0.3, 0.4) is 0 Å². The highest BCUT2D eigenvalue weighted by molar-refractivity contribution is 5.89. The molecule has 1 aliphatic rings. The van der Waals surface area contributed by atoms with E-state index in [0.29, 0.717) is 26.1 Å². The third-order valence-electron chi connectivity index (χ3n) is 5.57. The standard InChI is InChI=1S/C24H35N3O5/c1-5-32-22(30)12-11-20(28)25-23(17(2)3)24(31)26-13-14-27(18(4)16-26)21(29)15-19-9-7-6-8-10-19/h6-10,17-18,23H,5,11-16H2,1-4H3,(H,25,28). The van der Waals surface area contributed by atoms with E-state index >= 15 is 0 Å². The van der Waals surface area contributed by atoms with Crippen LogP contribution in [0.25, 0.3) is 0 Å². The van der Waals surface area contributed by atoms with Crippen molar-refractivity contribution in [3.63, 3.8) is 0 Å². The minimum atomic E-state index is -0.677. The van der Waals surface area contributed by atoms with Crippen molar-refractivity contribution >= 4 is 23.7 Å². The van der Waals surface area contributed by atoms with Gasteiger partial charge >= 0.3 is 5.97 Å². The summed E-state index contributed by atoms with van der Waals surface area (Å²) >= 11 is 0. The lowest BCUT2D eigenvalue weighted by molar-refractivity contribution is -0.146. The van der Waals surface area contributed by atoms with Gasteiger partial charge in [-0.05, 0) is 25.3 Å². The van der Waals surface area contributed by atoms with Crippen LogP contribution in [-0.4, -0.2) is 71.8 Å². The molecule has 2 rings (SSSR count). The average Bonchev–Trinajstić information content (AvgIpc) is 2.76. The van der Waals surface area contributed by atoms with Crippen LogP contribution in [0.1, 0.15) is 46.1 Å². The van der Waals surface area contributed by atoms with Crippen LogP contribution >= 0.6 is 0 Å². The molecule has 2 unspecified atom stereocenters. The topological polar surface area (TPSA) is 96.0 Å². The summed E-state index contributed by atoms with van der Waals surface area (Å²) in [5, 5.41) is 2.77. The lowest BCUT2D eigenvalue weighted by atomic mass is 10.0. The quantitative estimate of drug-likeness (QED) is 0.585. The molecule has 176 valence electrons. The van der Waals surface area contributed by atoms with Crippen molar-refractivity contribution in [1.82, 2.24) is 15.1 Å². The first-order valence-electron chi connectivity index (χ1n) is 11.3. The van der Waals surface area contributed by atoms with E-state index in [1.54, 1.807) is 11.8 Å². The van der Waals surface area contributed by atoms with E-state index in [1.807, 2.05) is 56.0 Å². The van der Waals surface area contributed by atoms with Crippen molar-refractivity contribution in [1.29, 1.82) is 0 Å². The predicted molar refractivity (Wildman–Crippen MR) is 121 cm³/mol. The SMILES string of the molecule is CCOC(=O)CCC(=O)NC(C(=O)N1CCN(C(=O)Cc2ccccc2)C(C)C1)C(C)C. The number of carbonyl (C=O) groups is 4. The Morgan fingerprint density at radius 1 is 1.09 bits per heavy atom. The number of ether oxygens (including phenoxy) is 1. The first kappa shape index (κ1) is 25.4. The molecule has 0 aromatic heterocycles. The number of nitrogens with one attached hydrogen (secondary N) is 1. The summed E-state index contributed by atoms with van der Waals surface area (Å²) in [4.78, 5) is 53.2. The molecule has 1 heterocycles. The van der Waals surface area contributed by atoms with E-state index in [4.69, 9.17) is 4.74 Å². The highest BCUT2D eigenvalue weighted by Crippen LogP contribution is 2.15. The molecular weight excluding hydrogens is 410 g/mol. The molecule has 1 fully saturated rings. The second kappa shape index (κ2) is 12.2. The second-order valence-corrected chi connectivity index (χ2v) is 8.48. The number of piperazine rings is 1. The number of rotatable bonds is 9. The third kappa shape index (κ3) is 7.35. The maximum absolute atomic E-state index is 13.1. The monoisotopic (exact) mass is 445 g/mol. The molecule has 3 amide bonds. The van der Waals surface area contributed by atoms with Crippen molar-refractivity contribution in [2.24, 2.45) is 5.92 Å². The third-order valence-corrected chi connectivity index (χ3v) is 5.57. The molecular formula is C24H35N3O5. The summed E-state index contributed by atoms with van der Waals surface area (Å²) in [6, 6.07) is 8.81. The number of hydrogen-bond acceptors (Lipinski definition) is 5. The van der Waals surface area contributed by atoms with Crippen LogP contribution in [0.15, 0.2) is 30.3 Å². The van der Waals surface area contributed by atoms with Gasteiger partial charge in [0.15, 0.2) is 0 Å². The van der Waals surface area contributed by atoms with Gasteiger partial charge in [0, 0.05) is 32.1 Å². The Bertz CT molecular complexity index is 796. The van der Waals surface area contributed by atoms with Gasteiger partial charge in [0.2, 0.25) is 17.7 Å². The van der Waals surface area contributed by atoms with E-state index in [-0.39, 0.29) is 49.1 Å². The number of amides is 3. The molecule has 0 radical (unpaired) electrons. The minimum absolute atomic E-state index is 0.0160. The molecule has 1 saturated heterocycles. The van der Waals surface area contributed by atoms with Gasteiger partial charge in [0.05, 0.1) is 19.4 Å². The number of hydrogen-bond donors (Lipinski definition) is 1. The Kier molecular flexibility index (Phi) is 9.68. The minimum Gasteiger partial charge on any atom is -0.466 e. The van der Waals surface area contributed by atoms with Gasteiger partial charge in [-0.2, -0.15) is 0 Å². The first-order valence-corrected chi connectivity index (χ1v) is 11.3. The largest absolute Gasteiger partial charge is 0.466 e. The van der Waals surface area contributed by atoms with Crippen LogP contribution in [0.2, 0.25) is 0 Å². The summed E-state index contributed by atoms with van der Waals surface area (Å²) < 4.78 is 4.84. The number of benzene rings is 1. The average molecular weight is 446 g/mol. The first-order chi connectivity index (χ1) is 15.2. The summed E-state index contributed by atoms with van der Waals surface area (Å²) in [5.41, 5.74) is 0.966. The van der Waals surface area contributed by atoms with E-state index in [2.05, 4.69) is 5.32 Å². The van der Waals surface area contributed by atoms with Gasteiger partial charge in [-0.1, -0.05) is 44.2 Å². The highest BCUT2D eigenvalue weighted by Gasteiger charge is 2.34. The molecule has 1 aliphatic heterocycles. The molecule has 8 nitrogen and oxygen atoms in total. The summed E-state index contributed by atoms with van der Waals surface area (Å²) in [7, 11) is 0.